The molecule has 94 valence electrons. The Morgan fingerprint density at radius 3 is 2.88 bits per heavy atom. The summed E-state index contributed by atoms with van der Waals surface area (Å²) in [6.07, 6.45) is 0.695. The Balaban J connectivity index is 2.04. The minimum Gasteiger partial charge on any atom is -0.484 e. The van der Waals surface area contributed by atoms with Gasteiger partial charge in [0, 0.05) is 24.0 Å². The van der Waals surface area contributed by atoms with E-state index in [1.54, 1.807) is 19.2 Å². The van der Waals surface area contributed by atoms with Crippen molar-refractivity contribution in [2.24, 2.45) is 0 Å². The molecule has 5 heteroatoms. The summed E-state index contributed by atoms with van der Waals surface area (Å²) in [5.74, 6) is -0.0862. The highest BCUT2D eigenvalue weighted by molar-refractivity contribution is 9.10. The van der Waals surface area contributed by atoms with Crippen LogP contribution in [0.5, 0.6) is 5.75 Å². The van der Waals surface area contributed by atoms with Crippen LogP contribution in [0, 0.1) is 5.82 Å². The lowest BCUT2D eigenvalue weighted by Gasteiger charge is -2.42. The monoisotopic (exact) mass is 303 g/mol. The van der Waals surface area contributed by atoms with Gasteiger partial charge in [0.2, 0.25) is 0 Å². The van der Waals surface area contributed by atoms with Crippen LogP contribution in [0.25, 0.3) is 0 Å². The number of ether oxygens (including phenoxy) is 2. The zero-order valence-corrected chi connectivity index (χ0v) is 11.3. The molecule has 0 spiro atoms. The Morgan fingerprint density at radius 1 is 1.47 bits per heavy atom. The van der Waals surface area contributed by atoms with Gasteiger partial charge in [0.25, 0.3) is 0 Å². The highest BCUT2D eigenvalue weighted by atomic mass is 79.9. The maximum absolute atomic E-state index is 13.5. The maximum atomic E-state index is 13.5. The topological polar surface area (TPSA) is 30.5 Å². The van der Waals surface area contributed by atoms with Crippen molar-refractivity contribution >= 4 is 15.9 Å². The summed E-state index contributed by atoms with van der Waals surface area (Å²) in [4.78, 5) is 0. The maximum Gasteiger partial charge on any atom is 0.165 e. The summed E-state index contributed by atoms with van der Waals surface area (Å²) in [6, 6.07) is 4.94. The molecule has 0 heterocycles. The van der Waals surface area contributed by atoms with Crippen molar-refractivity contribution in [2.45, 2.75) is 24.7 Å². The van der Waals surface area contributed by atoms with Crippen molar-refractivity contribution in [1.82, 2.24) is 5.32 Å². The fourth-order valence-corrected chi connectivity index (χ4v) is 2.37. The quantitative estimate of drug-likeness (QED) is 0.926. The molecule has 1 aliphatic rings. The van der Waals surface area contributed by atoms with E-state index in [9.17, 15) is 4.39 Å². The molecule has 2 rings (SSSR count). The smallest absolute Gasteiger partial charge is 0.165 e. The number of hydrogen-bond donors (Lipinski definition) is 1. The van der Waals surface area contributed by atoms with Crippen LogP contribution in [-0.4, -0.2) is 32.4 Å². The first kappa shape index (κ1) is 12.8. The second kappa shape index (κ2) is 5.33. The molecule has 0 bridgehead atoms. The Kier molecular flexibility index (Phi) is 4.01. The van der Waals surface area contributed by atoms with E-state index in [0.717, 1.165) is 10.9 Å². The van der Waals surface area contributed by atoms with Gasteiger partial charge in [0.1, 0.15) is 12.2 Å². The molecule has 3 unspecified atom stereocenters. The molecule has 1 aliphatic carbocycles. The summed E-state index contributed by atoms with van der Waals surface area (Å²) in [5.41, 5.74) is 0. The van der Waals surface area contributed by atoms with Crippen LogP contribution in [0.2, 0.25) is 0 Å². The molecule has 1 saturated carbocycles. The van der Waals surface area contributed by atoms with E-state index in [1.165, 1.54) is 6.07 Å². The zero-order chi connectivity index (χ0) is 12.4. The van der Waals surface area contributed by atoms with E-state index in [2.05, 4.69) is 21.2 Å². The largest absolute Gasteiger partial charge is 0.484 e. The van der Waals surface area contributed by atoms with Crippen molar-refractivity contribution in [3.8, 4) is 5.75 Å². The fraction of sp³-hybridized carbons (Fsp3) is 0.500. The van der Waals surface area contributed by atoms with Gasteiger partial charge in [-0.3, -0.25) is 0 Å². The number of methoxy groups -OCH3 is 1. The third-order valence-corrected chi connectivity index (χ3v) is 3.56. The lowest BCUT2D eigenvalue weighted by Crippen LogP contribution is -2.60. The van der Waals surface area contributed by atoms with Gasteiger partial charge in [0.15, 0.2) is 11.6 Å². The number of benzene rings is 1. The van der Waals surface area contributed by atoms with Crippen LogP contribution in [0.15, 0.2) is 22.7 Å². The average Bonchev–Trinajstić information content (AvgIpc) is 2.28. The molecule has 0 aromatic heterocycles. The summed E-state index contributed by atoms with van der Waals surface area (Å²) < 4.78 is 25.2. The molecule has 1 N–H and O–H groups in total. The number of hydrogen-bond acceptors (Lipinski definition) is 3. The van der Waals surface area contributed by atoms with Crippen molar-refractivity contribution in [2.75, 3.05) is 14.2 Å². The fourth-order valence-electron chi connectivity index (χ4n) is 2.03. The van der Waals surface area contributed by atoms with Crippen LogP contribution >= 0.6 is 15.9 Å². The normalized spacial score (nSPS) is 27.6. The Morgan fingerprint density at radius 2 is 2.24 bits per heavy atom. The first-order valence-corrected chi connectivity index (χ1v) is 6.26. The van der Waals surface area contributed by atoms with Crippen molar-refractivity contribution in [3.05, 3.63) is 28.5 Å². The zero-order valence-electron chi connectivity index (χ0n) is 9.74. The second-order valence-electron chi connectivity index (χ2n) is 4.06. The lowest BCUT2D eigenvalue weighted by atomic mass is 9.85. The van der Waals surface area contributed by atoms with E-state index in [1.807, 2.05) is 7.05 Å². The molecular formula is C12H15BrFNO2. The first-order chi connectivity index (χ1) is 8.15. The van der Waals surface area contributed by atoms with E-state index in [-0.39, 0.29) is 29.8 Å². The molecule has 0 saturated heterocycles. The summed E-state index contributed by atoms with van der Waals surface area (Å²) in [5, 5.41) is 3.14. The Hall–Kier alpha value is -0.650. The van der Waals surface area contributed by atoms with Crippen molar-refractivity contribution < 1.29 is 13.9 Å². The van der Waals surface area contributed by atoms with E-state index in [0.29, 0.717) is 0 Å². The summed E-state index contributed by atoms with van der Waals surface area (Å²) in [6.45, 7) is 0. The molecule has 1 fully saturated rings. The van der Waals surface area contributed by atoms with Crippen LogP contribution in [0.3, 0.4) is 0 Å². The van der Waals surface area contributed by atoms with Gasteiger partial charge in [0.05, 0.1) is 0 Å². The molecule has 1 aromatic carbocycles. The Bertz CT molecular complexity index is 402. The molecule has 1 aromatic rings. The van der Waals surface area contributed by atoms with Gasteiger partial charge in [-0.1, -0.05) is 15.9 Å². The predicted octanol–water partition coefficient (Wildman–Crippen LogP) is 2.34. The van der Waals surface area contributed by atoms with Crippen LogP contribution in [0.4, 0.5) is 4.39 Å². The van der Waals surface area contributed by atoms with Crippen LogP contribution < -0.4 is 10.1 Å². The number of nitrogens with one attached hydrogen (secondary N) is 1. The van der Waals surface area contributed by atoms with Gasteiger partial charge in [-0.2, -0.15) is 0 Å². The standard InChI is InChI=1S/C12H15BrFNO2/c1-15-9-6-11(12(9)16-2)17-10-5-7(13)3-4-8(10)14/h3-5,9,11-12,15H,6H2,1-2H3. The third kappa shape index (κ3) is 2.61. The molecule has 3 atom stereocenters. The van der Waals surface area contributed by atoms with Crippen LogP contribution in [-0.2, 0) is 4.74 Å². The van der Waals surface area contributed by atoms with Crippen molar-refractivity contribution in [1.29, 1.82) is 0 Å². The molecular weight excluding hydrogens is 289 g/mol. The number of likely N-dealkylation sites (N-methyl/N-ethyl adjacent to an activating group) is 1. The van der Waals surface area contributed by atoms with Gasteiger partial charge in [-0.25, -0.2) is 4.39 Å². The van der Waals surface area contributed by atoms with E-state index < -0.39 is 0 Å². The Labute approximate surface area is 108 Å². The van der Waals surface area contributed by atoms with Gasteiger partial charge >= 0.3 is 0 Å². The number of rotatable bonds is 4. The molecule has 0 aliphatic heterocycles. The highest BCUT2D eigenvalue weighted by Gasteiger charge is 2.42. The molecule has 17 heavy (non-hydrogen) atoms. The lowest BCUT2D eigenvalue weighted by molar-refractivity contribution is -0.0880. The number of halogens is 2. The molecule has 3 nitrogen and oxygen atoms in total. The summed E-state index contributed by atoms with van der Waals surface area (Å²) >= 11 is 3.29. The van der Waals surface area contributed by atoms with Gasteiger partial charge in [-0.15, -0.1) is 0 Å². The first-order valence-electron chi connectivity index (χ1n) is 5.47. The second-order valence-corrected chi connectivity index (χ2v) is 4.98. The average molecular weight is 304 g/mol. The van der Waals surface area contributed by atoms with E-state index in [4.69, 9.17) is 9.47 Å². The SMILES string of the molecule is CNC1CC(Oc2cc(Br)ccc2F)C1OC. The highest BCUT2D eigenvalue weighted by Crippen LogP contribution is 2.31. The molecule has 0 radical (unpaired) electrons. The third-order valence-electron chi connectivity index (χ3n) is 3.06. The van der Waals surface area contributed by atoms with E-state index >= 15 is 0 Å². The molecule has 0 amide bonds. The van der Waals surface area contributed by atoms with Crippen molar-refractivity contribution in [3.63, 3.8) is 0 Å². The minimum atomic E-state index is -0.351. The van der Waals surface area contributed by atoms with Crippen LogP contribution in [0.1, 0.15) is 6.42 Å². The van der Waals surface area contributed by atoms with Gasteiger partial charge in [-0.05, 0) is 25.2 Å². The van der Waals surface area contributed by atoms with Gasteiger partial charge < -0.3 is 14.8 Å². The predicted molar refractivity (Wildman–Crippen MR) is 66.8 cm³/mol. The summed E-state index contributed by atoms with van der Waals surface area (Å²) in [7, 11) is 3.52. The minimum absolute atomic E-state index is 0.0293.